The maximum atomic E-state index is 12.8. The first-order chi connectivity index (χ1) is 12.7. The number of carbonyl (C=O) groups excluding carboxylic acids is 2. The van der Waals surface area contributed by atoms with Gasteiger partial charge in [-0.05, 0) is 43.2 Å². The van der Waals surface area contributed by atoms with Gasteiger partial charge in [-0.15, -0.1) is 0 Å². The highest BCUT2D eigenvalue weighted by Crippen LogP contribution is 2.23. The molecule has 0 aliphatic carbocycles. The maximum absolute atomic E-state index is 12.8. The number of nitrogens with one attached hydrogen (secondary N) is 3. The van der Waals surface area contributed by atoms with Gasteiger partial charge in [-0.1, -0.05) is 24.3 Å². The third-order valence-corrected chi connectivity index (χ3v) is 4.65. The van der Waals surface area contributed by atoms with E-state index in [0.29, 0.717) is 18.7 Å². The number of hydrogen-bond acceptors (Lipinski definition) is 2. The van der Waals surface area contributed by atoms with Crippen molar-refractivity contribution >= 4 is 34.2 Å². The molecule has 1 aliphatic heterocycles. The topological polar surface area (TPSA) is 77.2 Å². The Morgan fingerprint density at radius 3 is 2.77 bits per heavy atom. The molecule has 1 aliphatic rings. The normalized spacial score (nSPS) is 17.3. The van der Waals surface area contributed by atoms with Crippen molar-refractivity contribution in [3.05, 3.63) is 60.8 Å². The second kappa shape index (κ2) is 6.92. The number of para-hydroxylation sites is 1. The summed E-state index contributed by atoms with van der Waals surface area (Å²) >= 11 is 0. The molecular formula is C20H20N4O2. The molecule has 0 spiro atoms. The number of carbonyl (C=O) groups is 2. The van der Waals surface area contributed by atoms with Gasteiger partial charge >= 0.3 is 6.03 Å². The van der Waals surface area contributed by atoms with E-state index in [0.717, 1.165) is 23.0 Å². The third-order valence-electron chi connectivity index (χ3n) is 4.65. The quantitative estimate of drug-likeness (QED) is 0.678. The molecule has 26 heavy (non-hydrogen) atoms. The van der Waals surface area contributed by atoms with Crippen LogP contribution in [0.4, 0.5) is 16.2 Å². The summed E-state index contributed by atoms with van der Waals surface area (Å²) in [7, 11) is 0. The van der Waals surface area contributed by atoms with Crippen molar-refractivity contribution in [1.82, 2.24) is 10.3 Å². The standard InChI is InChI=1S/C20H20N4O2/c25-19-18(10-5-13-24(19)14-6-2-1-3-7-14)23-20(26)22-17-9-4-8-16-15(17)11-12-21-16/h1-4,6-9,11-12,18,21H,5,10,13H2,(H2,22,23,26). The van der Waals surface area contributed by atoms with E-state index >= 15 is 0 Å². The van der Waals surface area contributed by atoms with Crippen molar-refractivity contribution in [3.8, 4) is 0 Å². The van der Waals surface area contributed by atoms with Gasteiger partial charge in [-0.2, -0.15) is 0 Å². The van der Waals surface area contributed by atoms with Crippen LogP contribution in [0.5, 0.6) is 0 Å². The molecule has 6 heteroatoms. The van der Waals surface area contributed by atoms with Crippen LogP contribution in [-0.2, 0) is 4.79 Å². The number of piperidine rings is 1. The van der Waals surface area contributed by atoms with Gasteiger partial charge in [0.05, 0.1) is 5.69 Å². The number of amides is 3. The molecule has 2 heterocycles. The van der Waals surface area contributed by atoms with Gasteiger partial charge in [0.1, 0.15) is 6.04 Å². The molecule has 1 saturated heterocycles. The molecule has 1 atom stereocenters. The number of aromatic amines is 1. The van der Waals surface area contributed by atoms with E-state index in [1.807, 2.05) is 60.8 Å². The Bertz CT molecular complexity index is 935. The number of hydrogen-bond donors (Lipinski definition) is 3. The first kappa shape index (κ1) is 16.2. The van der Waals surface area contributed by atoms with Crippen molar-refractivity contribution in [3.63, 3.8) is 0 Å². The summed E-state index contributed by atoms with van der Waals surface area (Å²) in [6, 6.07) is 16.2. The fourth-order valence-corrected chi connectivity index (χ4v) is 3.38. The summed E-state index contributed by atoms with van der Waals surface area (Å²) in [6.07, 6.45) is 3.32. The lowest BCUT2D eigenvalue weighted by Crippen LogP contribution is -2.53. The molecular weight excluding hydrogens is 328 g/mol. The number of rotatable bonds is 3. The van der Waals surface area contributed by atoms with Gasteiger partial charge < -0.3 is 20.5 Å². The second-order valence-corrected chi connectivity index (χ2v) is 6.36. The first-order valence-corrected chi connectivity index (χ1v) is 8.72. The summed E-state index contributed by atoms with van der Waals surface area (Å²) in [4.78, 5) is 30.0. The fraction of sp³-hybridized carbons (Fsp3) is 0.200. The van der Waals surface area contributed by atoms with Crippen molar-refractivity contribution in [2.24, 2.45) is 0 Å². The van der Waals surface area contributed by atoms with Crippen LogP contribution in [-0.4, -0.2) is 29.5 Å². The number of aromatic nitrogens is 1. The average Bonchev–Trinajstić information content (AvgIpc) is 3.14. The Labute approximate surface area is 151 Å². The highest BCUT2D eigenvalue weighted by molar-refractivity contribution is 6.04. The van der Waals surface area contributed by atoms with Gasteiger partial charge in [0.15, 0.2) is 0 Å². The molecule has 132 valence electrons. The van der Waals surface area contributed by atoms with Gasteiger partial charge in [-0.25, -0.2) is 4.79 Å². The summed E-state index contributed by atoms with van der Waals surface area (Å²) < 4.78 is 0. The largest absolute Gasteiger partial charge is 0.361 e. The van der Waals surface area contributed by atoms with Crippen LogP contribution in [0.15, 0.2) is 60.8 Å². The van der Waals surface area contributed by atoms with Gasteiger partial charge in [0.25, 0.3) is 0 Å². The number of benzene rings is 2. The van der Waals surface area contributed by atoms with Crippen LogP contribution in [0.25, 0.3) is 10.9 Å². The Morgan fingerprint density at radius 2 is 1.92 bits per heavy atom. The summed E-state index contributed by atoms with van der Waals surface area (Å²) in [6.45, 7) is 0.672. The molecule has 6 nitrogen and oxygen atoms in total. The summed E-state index contributed by atoms with van der Waals surface area (Å²) in [5.74, 6) is -0.0718. The molecule has 2 aromatic carbocycles. The van der Waals surface area contributed by atoms with E-state index in [-0.39, 0.29) is 11.9 Å². The Hall–Kier alpha value is -3.28. The highest BCUT2D eigenvalue weighted by atomic mass is 16.2. The number of fused-ring (bicyclic) bond motifs is 1. The van der Waals surface area contributed by atoms with E-state index in [4.69, 9.17) is 0 Å². The fourth-order valence-electron chi connectivity index (χ4n) is 3.38. The van der Waals surface area contributed by atoms with Crippen molar-refractivity contribution in [1.29, 1.82) is 0 Å². The lowest BCUT2D eigenvalue weighted by atomic mass is 10.0. The maximum Gasteiger partial charge on any atom is 0.319 e. The molecule has 0 radical (unpaired) electrons. The van der Waals surface area contributed by atoms with E-state index in [9.17, 15) is 9.59 Å². The zero-order valence-corrected chi connectivity index (χ0v) is 14.2. The minimum absolute atomic E-state index is 0.0718. The lowest BCUT2D eigenvalue weighted by Gasteiger charge is -2.32. The van der Waals surface area contributed by atoms with Crippen molar-refractivity contribution in [2.75, 3.05) is 16.8 Å². The number of urea groups is 1. The number of H-pyrrole nitrogens is 1. The molecule has 3 aromatic rings. The smallest absolute Gasteiger partial charge is 0.319 e. The van der Waals surface area contributed by atoms with Gasteiger partial charge in [-0.3, -0.25) is 4.79 Å². The third kappa shape index (κ3) is 3.13. The molecule has 1 aromatic heterocycles. The average molecular weight is 348 g/mol. The monoisotopic (exact) mass is 348 g/mol. The molecule has 3 amide bonds. The van der Waals surface area contributed by atoms with Crippen LogP contribution in [0.3, 0.4) is 0 Å². The summed E-state index contributed by atoms with van der Waals surface area (Å²) in [5.41, 5.74) is 2.53. The molecule has 1 fully saturated rings. The van der Waals surface area contributed by atoms with Gasteiger partial charge in [0, 0.05) is 29.3 Å². The van der Waals surface area contributed by atoms with E-state index < -0.39 is 6.04 Å². The van der Waals surface area contributed by atoms with Crippen LogP contribution in [0.1, 0.15) is 12.8 Å². The minimum atomic E-state index is -0.519. The molecule has 0 saturated carbocycles. The van der Waals surface area contributed by atoms with Crippen molar-refractivity contribution < 1.29 is 9.59 Å². The molecule has 1 unspecified atom stereocenters. The van der Waals surface area contributed by atoms with Gasteiger partial charge in [0.2, 0.25) is 5.91 Å². The predicted octanol–water partition coefficient (Wildman–Crippen LogP) is 3.49. The zero-order chi connectivity index (χ0) is 17.9. The Kier molecular flexibility index (Phi) is 4.31. The van der Waals surface area contributed by atoms with Crippen LogP contribution < -0.4 is 15.5 Å². The van der Waals surface area contributed by atoms with Crippen LogP contribution >= 0.6 is 0 Å². The van der Waals surface area contributed by atoms with E-state index in [1.54, 1.807) is 4.90 Å². The zero-order valence-electron chi connectivity index (χ0n) is 14.2. The predicted molar refractivity (Wildman–Crippen MR) is 102 cm³/mol. The van der Waals surface area contributed by atoms with Crippen LogP contribution in [0, 0.1) is 0 Å². The number of anilines is 2. The first-order valence-electron chi connectivity index (χ1n) is 8.72. The number of nitrogens with zero attached hydrogens (tertiary/aromatic N) is 1. The Morgan fingerprint density at radius 1 is 1.08 bits per heavy atom. The molecule has 3 N–H and O–H groups in total. The summed E-state index contributed by atoms with van der Waals surface area (Å²) in [5, 5.41) is 6.61. The SMILES string of the molecule is O=C(Nc1cccc2[nH]ccc12)NC1CCCN(c2ccccc2)C1=O. The minimum Gasteiger partial charge on any atom is -0.361 e. The lowest BCUT2D eigenvalue weighted by molar-refractivity contribution is -0.121. The molecule has 4 rings (SSSR count). The van der Waals surface area contributed by atoms with Crippen molar-refractivity contribution in [2.45, 2.75) is 18.9 Å². The Balaban J connectivity index is 1.45. The van der Waals surface area contributed by atoms with Crippen LogP contribution in [0.2, 0.25) is 0 Å². The van der Waals surface area contributed by atoms with E-state index in [1.165, 1.54) is 0 Å². The second-order valence-electron chi connectivity index (χ2n) is 6.36. The van der Waals surface area contributed by atoms with E-state index in [2.05, 4.69) is 15.6 Å². The highest BCUT2D eigenvalue weighted by Gasteiger charge is 2.30. The molecule has 0 bridgehead atoms.